The van der Waals surface area contributed by atoms with E-state index in [2.05, 4.69) is 6.08 Å². The molecule has 0 spiro atoms. The van der Waals surface area contributed by atoms with Crippen LogP contribution in [0.1, 0.15) is 31.2 Å². The highest BCUT2D eigenvalue weighted by Crippen LogP contribution is 2.28. The van der Waals surface area contributed by atoms with Crippen molar-refractivity contribution in [2.24, 2.45) is 0 Å². The molecule has 0 saturated heterocycles. The van der Waals surface area contributed by atoms with Gasteiger partial charge in [-0.25, -0.2) is 0 Å². The SMILES string of the molecule is COc1ccc(CCC=C2CCC2)cc1O. The molecule has 16 heavy (non-hydrogen) atoms. The number of methoxy groups -OCH3 is 1. The van der Waals surface area contributed by atoms with E-state index in [1.165, 1.54) is 19.3 Å². The lowest BCUT2D eigenvalue weighted by atomic mass is 9.91. The molecule has 0 radical (unpaired) electrons. The van der Waals surface area contributed by atoms with Gasteiger partial charge < -0.3 is 9.84 Å². The molecule has 1 saturated carbocycles. The van der Waals surface area contributed by atoms with Gasteiger partial charge >= 0.3 is 0 Å². The van der Waals surface area contributed by atoms with Crippen molar-refractivity contribution in [1.82, 2.24) is 0 Å². The molecule has 1 aliphatic rings. The predicted molar refractivity (Wildman–Crippen MR) is 64.9 cm³/mol. The minimum Gasteiger partial charge on any atom is -0.504 e. The monoisotopic (exact) mass is 218 g/mol. The number of hydrogen-bond donors (Lipinski definition) is 1. The number of benzene rings is 1. The molecule has 1 N–H and O–H groups in total. The second-order valence-corrected chi connectivity index (χ2v) is 4.26. The van der Waals surface area contributed by atoms with Crippen LogP contribution in [-0.4, -0.2) is 12.2 Å². The molecule has 2 heteroatoms. The average molecular weight is 218 g/mol. The second-order valence-electron chi connectivity index (χ2n) is 4.26. The van der Waals surface area contributed by atoms with Crippen LogP contribution in [-0.2, 0) is 6.42 Å². The second kappa shape index (κ2) is 5.06. The number of rotatable bonds is 4. The Morgan fingerprint density at radius 1 is 1.38 bits per heavy atom. The molecule has 0 bridgehead atoms. The molecular formula is C14H18O2. The summed E-state index contributed by atoms with van der Waals surface area (Å²) in [6, 6.07) is 5.62. The zero-order valence-electron chi connectivity index (χ0n) is 9.70. The Morgan fingerprint density at radius 2 is 2.19 bits per heavy atom. The van der Waals surface area contributed by atoms with Gasteiger partial charge in [0.25, 0.3) is 0 Å². The van der Waals surface area contributed by atoms with Gasteiger partial charge in [-0.2, -0.15) is 0 Å². The van der Waals surface area contributed by atoms with Gasteiger partial charge in [0.15, 0.2) is 11.5 Å². The smallest absolute Gasteiger partial charge is 0.160 e. The van der Waals surface area contributed by atoms with Crippen molar-refractivity contribution in [1.29, 1.82) is 0 Å². The van der Waals surface area contributed by atoms with E-state index in [9.17, 15) is 5.11 Å². The minimum absolute atomic E-state index is 0.233. The normalized spacial score (nSPS) is 14.4. The van der Waals surface area contributed by atoms with Gasteiger partial charge in [0.2, 0.25) is 0 Å². The molecule has 2 rings (SSSR count). The van der Waals surface area contributed by atoms with Gasteiger partial charge in [0, 0.05) is 0 Å². The molecular weight excluding hydrogens is 200 g/mol. The lowest BCUT2D eigenvalue weighted by Crippen LogP contribution is -1.96. The average Bonchev–Trinajstić information content (AvgIpc) is 2.22. The Morgan fingerprint density at radius 3 is 2.75 bits per heavy atom. The van der Waals surface area contributed by atoms with Gasteiger partial charge in [-0.05, 0) is 49.8 Å². The van der Waals surface area contributed by atoms with Crippen LogP contribution in [0.25, 0.3) is 0 Å². The molecule has 0 aromatic heterocycles. The van der Waals surface area contributed by atoms with Gasteiger partial charge in [-0.15, -0.1) is 0 Å². The van der Waals surface area contributed by atoms with Crippen LogP contribution in [0.2, 0.25) is 0 Å². The topological polar surface area (TPSA) is 29.5 Å². The highest BCUT2D eigenvalue weighted by molar-refractivity contribution is 5.41. The molecule has 0 atom stereocenters. The zero-order chi connectivity index (χ0) is 11.4. The van der Waals surface area contributed by atoms with Crippen LogP contribution in [0.15, 0.2) is 29.8 Å². The first-order chi connectivity index (χ1) is 7.79. The van der Waals surface area contributed by atoms with E-state index in [1.54, 1.807) is 18.7 Å². The first-order valence-corrected chi connectivity index (χ1v) is 5.83. The third-order valence-electron chi connectivity index (χ3n) is 3.11. The summed E-state index contributed by atoms with van der Waals surface area (Å²) >= 11 is 0. The molecule has 2 nitrogen and oxygen atoms in total. The van der Waals surface area contributed by atoms with Crippen LogP contribution in [0.4, 0.5) is 0 Å². The van der Waals surface area contributed by atoms with Crippen molar-refractivity contribution in [3.63, 3.8) is 0 Å². The van der Waals surface area contributed by atoms with Crippen molar-refractivity contribution in [3.05, 3.63) is 35.4 Å². The largest absolute Gasteiger partial charge is 0.504 e. The highest BCUT2D eigenvalue weighted by Gasteiger charge is 2.07. The van der Waals surface area contributed by atoms with Crippen LogP contribution < -0.4 is 4.74 Å². The third kappa shape index (κ3) is 2.57. The Bertz CT molecular complexity index is 388. The fourth-order valence-electron chi connectivity index (χ4n) is 1.92. The summed E-state index contributed by atoms with van der Waals surface area (Å²) in [5.74, 6) is 0.775. The summed E-state index contributed by atoms with van der Waals surface area (Å²) in [6.07, 6.45) is 8.32. The Labute approximate surface area is 96.6 Å². The molecule has 0 unspecified atom stereocenters. The number of phenols is 1. The number of allylic oxidation sites excluding steroid dienone is 2. The predicted octanol–water partition coefficient (Wildman–Crippen LogP) is 3.44. The Kier molecular flexibility index (Phi) is 3.50. The first kappa shape index (κ1) is 11.1. The fraction of sp³-hybridized carbons (Fsp3) is 0.429. The van der Waals surface area contributed by atoms with Crippen molar-refractivity contribution in [2.45, 2.75) is 32.1 Å². The third-order valence-corrected chi connectivity index (χ3v) is 3.11. The van der Waals surface area contributed by atoms with Gasteiger partial charge in [-0.3, -0.25) is 0 Å². The summed E-state index contributed by atoms with van der Waals surface area (Å²) in [5.41, 5.74) is 2.76. The van der Waals surface area contributed by atoms with Crippen molar-refractivity contribution < 1.29 is 9.84 Å². The van der Waals surface area contributed by atoms with Crippen LogP contribution in [0.5, 0.6) is 11.5 Å². The lowest BCUT2D eigenvalue weighted by molar-refractivity contribution is 0.373. The molecule has 0 amide bonds. The summed E-state index contributed by atoms with van der Waals surface area (Å²) in [6.45, 7) is 0. The number of aromatic hydroxyl groups is 1. The fourth-order valence-corrected chi connectivity index (χ4v) is 1.92. The standard InChI is InChI=1S/C14H18O2/c1-16-14-9-8-12(10-13(14)15)7-3-6-11-4-2-5-11/h6,8-10,15H,2-5,7H2,1H3. The summed E-state index contributed by atoms with van der Waals surface area (Å²) in [7, 11) is 1.57. The molecule has 1 aliphatic carbocycles. The van der Waals surface area contributed by atoms with Crippen molar-refractivity contribution >= 4 is 0 Å². The van der Waals surface area contributed by atoms with Crippen LogP contribution >= 0.6 is 0 Å². The molecule has 1 aromatic rings. The van der Waals surface area contributed by atoms with E-state index in [-0.39, 0.29) is 5.75 Å². The van der Waals surface area contributed by atoms with Gasteiger partial charge in [-0.1, -0.05) is 17.7 Å². The van der Waals surface area contributed by atoms with Crippen LogP contribution in [0, 0.1) is 0 Å². The molecule has 1 fully saturated rings. The van der Waals surface area contributed by atoms with E-state index in [4.69, 9.17) is 4.74 Å². The van der Waals surface area contributed by atoms with E-state index in [0.717, 1.165) is 18.4 Å². The zero-order valence-corrected chi connectivity index (χ0v) is 9.70. The Balaban J connectivity index is 1.91. The highest BCUT2D eigenvalue weighted by atomic mass is 16.5. The summed E-state index contributed by atoms with van der Waals surface area (Å²) in [4.78, 5) is 0. The van der Waals surface area contributed by atoms with Crippen molar-refractivity contribution in [2.75, 3.05) is 7.11 Å². The van der Waals surface area contributed by atoms with E-state index in [1.807, 2.05) is 12.1 Å². The van der Waals surface area contributed by atoms with Gasteiger partial charge in [0.1, 0.15) is 0 Å². The molecule has 1 aromatic carbocycles. The number of aryl methyl sites for hydroxylation is 1. The lowest BCUT2D eigenvalue weighted by Gasteiger charge is -2.15. The van der Waals surface area contributed by atoms with Crippen molar-refractivity contribution in [3.8, 4) is 11.5 Å². The number of hydrogen-bond acceptors (Lipinski definition) is 2. The maximum absolute atomic E-state index is 9.62. The molecule has 0 heterocycles. The molecule has 86 valence electrons. The number of phenolic OH excluding ortho intramolecular Hbond substituents is 1. The molecule has 0 aliphatic heterocycles. The maximum atomic E-state index is 9.62. The Hall–Kier alpha value is -1.44. The van der Waals surface area contributed by atoms with Crippen LogP contribution in [0.3, 0.4) is 0 Å². The summed E-state index contributed by atoms with van der Waals surface area (Å²) < 4.78 is 5.01. The maximum Gasteiger partial charge on any atom is 0.160 e. The first-order valence-electron chi connectivity index (χ1n) is 5.83. The quantitative estimate of drug-likeness (QED) is 0.784. The van der Waals surface area contributed by atoms with Gasteiger partial charge in [0.05, 0.1) is 7.11 Å². The minimum atomic E-state index is 0.233. The van der Waals surface area contributed by atoms with E-state index >= 15 is 0 Å². The van der Waals surface area contributed by atoms with E-state index < -0.39 is 0 Å². The summed E-state index contributed by atoms with van der Waals surface area (Å²) in [5, 5.41) is 9.62. The number of ether oxygens (including phenoxy) is 1. The van der Waals surface area contributed by atoms with E-state index in [0.29, 0.717) is 5.75 Å².